The highest BCUT2D eigenvalue weighted by molar-refractivity contribution is 7.92. The van der Waals surface area contributed by atoms with Crippen molar-refractivity contribution in [3.05, 3.63) is 68.8 Å². The molecule has 0 bridgehead atoms. The van der Waals surface area contributed by atoms with Crippen LogP contribution in [0.15, 0.2) is 36.4 Å². The van der Waals surface area contributed by atoms with Gasteiger partial charge in [0.05, 0.1) is 22.9 Å². The van der Waals surface area contributed by atoms with Crippen LogP contribution in [0, 0.1) is 17.0 Å². The lowest BCUT2D eigenvalue weighted by Crippen LogP contribution is -2.50. The highest BCUT2D eigenvalue weighted by Gasteiger charge is 2.34. The van der Waals surface area contributed by atoms with Crippen molar-refractivity contribution in [3.8, 4) is 0 Å². The Balaban J connectivity index is 1.94. The van der Waals surface area contributed by atoms with Gasteiger partial charge in [-0.05, 0) is 67.7 Å². The molecule has 1 aliphatic carbocycles. The molecule has 0 radical (unpaired) electrons. The first-order valence-corrected chi connectivity index (χ1v) is 13.6. The Kier molecular flexibility index (Phi) is 7.97. The van der Waals surface area contributed by atoms with E-state index < -0.39 is 26.9 Å². The van der Waals surface area contributed by atoms with E-state index in [0.29, 0.717) is 12.0 Å². The second kappa shape index (κ2) is 10.5. The molecule has 2 atom stereocenters. The fourth-order valence-electron chi connectivity index (χ4n) is 4.64. The third-order valence-corrected chi connectivity index (χ3v) is 7.64. The summed E-state index contributed by atoms with van der Waals surface area (Å²) in [6.45, 7) is 5.38. The molecule has 0 aliphatic heterocycles. The van der Waals surface area contributed by atoms with E-state index in [4.69, 9.17) is 0 Å². The number of amides is 1. The quantitative estimate of drug-likeness (QED) is 0.411. The van der Waals surface area contributed by atoms with Crippen molar-refractivity contribution in [2.24, 2.45) is 0 Å². The van der Waals surface area contributed by atoms with Gasteiger partial charge in [-0.2, -0.15) is 0 Å². The Bertz CT molecular complexity index is 1180. The highest BCUT2D eigenvalue weighted by atomic mass is 32.2. The summed E-state index contributed by atoms with van der Waals surface area (Å²) >= 11 is 0. The van der Waals surface area contributed by atoms with E-state index in [-0.39, 0.29) is 23.8 Å². The number of carbonyl (C=O) groups is 1. The van der Waals surface area contributed by atoms with Gasteiger partial charge in [0.15, 0.2) is 0 Å². The number of anilines is 1. The molecule has 0 heterocycles. The van der Waals surface area contributed by atoms with Crippen LogP contribution in [0.1, 0.15) is 67.8 Å². The van der Waals surface area contributed by atoms with Crippen LogP contribution in [-0.2, 0) is 27.7 Å². The standard InChI is InChI=1S/C25H33N3O5S/c1-5-22(20-13-12-18-9-7-8-10-19(18)15-20)26-25(29)23(6-2)27(34(4,32)33)24-16-21(28(30)31)14-11-17(24)3/h11-16,22-23H,5-10H2,1-4H3,(H,26,29)/t22-,23+/m0/s1. The lowest BCUT2D eigenvalue weighted by molar-refractivity contribution is -0.384. The monoisotopic (exact) mass is 487 g/mol. The normalized spacial score (nSPS) is 15.2. The van der Waals surface area contributed by atoms with Crippen LogP contribution in [0.25, 0.3) is 0 Å². The first-order chi connectivity index (χ1) is 16.1. The van der Waals surface area contributed by atoms with Gasteiger partial charge in [0.25, 0.3) is 5.69 Å². The number of nitrogens with zero attached hydrogens (tertiary/aromatic N) is 2. The summed E-state index contributed by atoms with van der Waals surface area (Å²) in [5.41, 5.74) is 4.11. The van der Waals surface area contributed by atoms with Crippen molar-refractivity contribution >= 4 is 27.3 Å². The minimum Gasteiger partial charge on any atom is -0.347 e. The second-order valence-electron chi connectivity index (χ2n) is 8.92. The van der Waals surface area contributed by atoms with Gasteiger partial charge in [-0.25, -0.2) is 8.42 Å². The summed E-state index contributed by atoms with van der Waals surface area (Å²) in [5.74, 6) is -0.427. The number of non-ortho nitro benzene ring substituents is 1. The molecule has 2 aromatic carbocycles. The Morgan fingerprint density at radius 3 is 2.35 bits per heavy atom. The first kappa shape index (κ1) is 25.7. The lowest BCUT2D eigenvalue weighted by Gasteiger charge is -2.32. The summed E-state index contributed by atoms with van der Waals surface area (Å²) in [6.07, 6.45) is 6.32. The van der Waals surface area contributed by atoms with E-state index in [0.717, 1.165) is 35.4 Å². The lowest BCUT2D eigenvalue weighted by atomic mass is 9.88. The molecular formula is C25H33N3O5S. The van der Waals surface area contributed by atoms with E-state index in [9.17, 15) is 23.3 Å². The number of aryl methyl sites for hydroxylation is 3. The molecule has 1 aliphatic rings. The molecule has 3 rings (SSSR count). The number of nitro groups is 1. The molecule has 184 valence electrons. The molecule has 8 nitrogen and oxygen atoms in total. The molecule has 0 spiro atoms. The summed E-state index contributed by atoms with van der Waals surface area (Å²) in [4.78, 5) is 24.2. The number of hydrogen-bond donors (Lipinski definition) is 1. The van der Waals surface area contributed by atoms with E-state index in [2.05, 4.69) is 17.4 Å². The summed E-state index contributed by atoms with van der Waals surface area (Å²) in [7, 11) is -3.91. The van der Waals surface area contributed by atoms with Gasteiger partial charge < -0.3 is 5.32 Å². The van der Waals surface area contributed by atoms with Crippen molar-refractivity contribution in [2.45, 2.75) is 71.4 Å². The van der Waals surface area contributed by atoms with Gasteiger partial charge in [0.1, 0.15) is 6.04 Å². The zero-order chi connectivity index (χ0) is 25.0. The van der Waals surface area contributed by atoms with Gasteiger partial charge in [0.2, 0.25) is 15.9 Å². The van der Waals surface area contributed by atoms with Crippen molar-refractivity contribution < 1.29 is 18.1 Å². The number of fused-ring (bicyclic) bond motifs is 1. The van der Waals surface area contributed by atoms with Gasteiger partial charge >= 0.3 is 0 Å². The number of hydrogen-bond acceptors (Lipinski definition) is 5. The van der Waals surface area contributed by atoms with Crippen LogP contribution >= 0.6 is 0 Å². The zero-order valence-corrected chi connectivity index (χ0v) is 21.0. The van der Waals surface area contributed by atoms with Gasteiger partial charge in [-0.15, -0.1) is 0 Å². The Morgan fingerprint density at radius 2 is 1.76 bits per heavy atom. The Morgan fingerprint density at radius 1 is 1.09 bits per heavy atom. The molecule has 1 amide bonds. The second-order valence-corrected chi connectivity index (χ2v) is 10.8. The van der Waals surface area contributed by atoms with Gasteiger partial charge in [0, 0.05) is 12.1 Å². The average molecular weight is 488 g/mol. The molecule has 1 N–H and O–H groups in total. The van der Waals surface area contributed by atoms with Crippen LogP contribution in [0.4, 0.5) is 11.4 Å². The van der Waals surface area contributed by atoms with Crippen molar-refractivity contribution in [1.82, 2.24) is 5.32 Å². The fraction of sp³-hybridized carbons (Fsp3) is 0.480. The summed E-state index contributed by atoms with van der Waals surface area (Å²) in [5, 5.41) is 14.4. The van der Waals surface area contributed by atoms with Crippen molar-refractivity contribution in [3.63, 3.8) is 0 Å². The molecule has 9 heteroatoms. The van der Waals surface area contributed by atoms with E-state index >= 15 is 0 Å². The number of carbonyl (C=O) groups excluding carboxylic acids is 1. The number of nitro benzene ring substituents is 1. The molecule has 0 fully saturated rings. The predicted molar refractivity (Wildman–Crippen MR) is 133 cm³/mol. The SMILES string of the molecule is CC[C@H](NC(=O)[C@@H](CC)N(c1cc([N+](=O)[O-])ccc1C)S(C)(=O)=O)c1ccc2c(c1)CCCC2. The van der Waals surface area contributed by atoms with E-state index in [1.165, 1.54) is 35.7 Å². The molecule has 0 unspecified atom stereocenters. The minimum absolute atomic E-state index is 0.139. The van der Waals surface area contributed by atoms with Gasteiger partial charge in [-0.1, -0.05) is 38.1 Å². The molecule has 0 saturated carbocycles. The number of benzene rings is 2. The fourth-order valence-corrected chi connectivity index (χ4v) is 5.90. The van der Waals surface area contributed by atoms with E-state index in [1.807, 2.05) is 13.0 Å². The topological polar surface area (TPSA) is 110 Å². The molecule has 2 aromatic rings. The minimum atomic E-state index is -3.91. The summed E-state index contributed by atoms with van der Waals surface area (Å²) < 4.78 is 26.7. The molecule has 34 heavy (non-hydrogen) atoms. The van der Waals surface area contributed by atoms with Gasteiger partial charge in [-0.3, -0.25) is 19.2 Å². The average Bonchev–Trinajstić information content (AvgIpc) is 2.80. The van der Waals surface area contributed by atoms with E-state index in [1.54, 1.807) is 13.8 Å². The predicted octanol–water partition coefficient (Wildman–Crippen LogP) is 4.59. The largest absolute Gasteiger partial charge is 0.347 e. The van der Waals surface area contributed by atoms with Crippen LogP contribution in [0.2, 0.25) is 0 Å². The number of rotatable bonds is 9. The third kappa shape index (κ3) is 5.58. The van der Waals surface area contributed by atoms with Crippen LogP contribution in [-0.4, -0.2) is 31.5 Å². The van der Waals surface area contributed by atoms with Crippen molar-refractivity contribution in [1.29, 1.82) is 0 Å². The maximum absolute atomic E-state index is 13.4. The molecule has 0 saturated heterocycles. The molecule has 0 aromatic heterocycles. The maximum atomic E-state index is 13.4. The van der Waals surface area contributed by atoms with Crippen LogP contribution in [0.5, 0.6) is 0 Å². The maximum Gasteiger partial charge on any atom is 0.271 e. The zero-order valence-electron chi connectivity index (χ0n) is 20.2. The highest BCUT2D eigenvalue weighted by Crippen LogP contribution is 2.31. The Labute approximate surface area is 201 Å². The van der Waals surface area contributed by atoms with Crippen LogP contribution < -0.4 is 9.62 Å². The number of nitrogens with one attached hydrogen (secondary N) is 1. The Hall–Kier alpha value is -2.94. The van der Waals surface area contributed by atoms with Crippen LogP contribution in [0.3, 0.4) is 0 Å². The molecular weight excluding hydrogens is 454 g/mol. The first-order valence-electron chi connectivity index (χ1n) is 11.7. The number of sulfonamides is 1. The summed E-state index contributed by atoms with van der Waals surface area (Å²) in [6, 6.07) is 9.06. The van der Waals surface area contributed by atoms with Crippen molar-refractivity contribution in [2.75, 3.05) is 10.6 Å². The smallest absolute Gasteiger partial charge is 0.271 e. The third-order valence-electron chi connectivity index (χ3n) is 6.47.